The third-order valence-corrected chi connectivity index (χ3v) is 12.6. The van der Waals surface area contributed by atoms with Gasteiger partial charge in [-0.15, -0.1) is 0 Å². The number of hydrogen-bond donors (Lipinski definition) is 2. The number of halogens is 7. The van der Waals surface area contributed by atoms with Crippen LogP contribution >= 0.6 is 11.6 Å². The number of sulfonamides is 1. The molecule has 2 aliphatic rings. The molecule has 0 spiro atoms. The van der Waals surface area contributed by atoms with Crippen LogP contribution in [0.25, 0.3) is 38.6 Å². The Kier molecular flexibility index (Phi) is 10.4. The van der Waals surface area contributed by atoms with Crippen molar-refractivity contribution in [1.82, 2.24) is 34.4 Å². The van der Waals surface area contributed by atoms with Crippen molar-refractivity contribution >= 4 is 55.2 Å². The van der Waals surface area contributed by atoms with Crippen LogP contribution in [-0.4, -0.2) is 49.7 Å². The molecule has 3 aromatic heterocycles. The highest BCUT2D eigenvalue weighted by atomic mass is 35.5. The lowest BCUT2D eigenvalue weighted by Crippen LogP contribution is -2.38. The Morgan fingerprint density at radius 2 is 1.72 bits per heavy atom. The molecule has 3 heterocycles. The van der Waals surface area contributed by atoms with Crippen LogP contribution in [0.4, 0.5) is 32.2 Å². The van der Waals surface area contributed by atoms with Gasteiger partial charge < -0.3 is 5.32 Å². The van der Waals surface area contributed by atoms with Gasteiger partial charge in [0.2, 0.25) is 15.9 Å². The molecule has 64 heavy (non-hydrogen) atoms. The SMILES string of the molecule is CC(C)c1ccccc1-c1ccc2c(=O)n(-c3ccc(Cl)c4c(NS(C)(=O)=O)nn(C)c34)c([C@H](Cc3cc(F)cc(F)c3)NC(=O)Cn3nc(C(F)F)c4c3C(F)(F)[C@@H]3C[C@H]43)nc2c1. The number of amides is 1. The molecule has 7 aromatic rings. The standard InChI is InChI=1S/C44H37ClF6N8O4S/c1-20(2)25-7-5-6-8-26(25)22-9-10-27-31(16-22)53-42(59(43(27)61)33-12-11-30(45)36-38(33)57(3)55-41(36)56-64(4,62)63)32(15-21-13-23(46)17-24(47)14-21)52-34(60)19-58-39-35(37(54-58)40(48)49)28-18-29(28)44(39,50)51/h5-14,16-17,20,28-29,32,40H,15,18-19H2,1-4H3,(H,52,60)(H,55,56)/t28-,29+,32-/m0/s1. The summed E-state index contributed by atoms with van der Waals surface area (Å²) in [5.41, 5.74) is 0.189. The molecule has 12 nitrogen and oxygen atoms in total. The minimum absolute atomic E-state index is 0.000249. The molecule has 1 fully saturated rings. The summed E-state index contributed by atoms with van der Waals surface area (Å²) in [6.45, 7) is 3.07. The molecular weight excluding hydrogens is 886 g/mol. The summed E-state index contributed by atoms with van der Waals surface area (Å²) in [5.74, 6) is -8.84. The van der Waals surface area contributed by atoms with E-state index in [2.05, 4.69) is 20.2 Å². The number of nitrogens with zero attached hydrogens (tertiary/aromatic N) is 6. The maximum Gasteiger partial charge on any atom is 0.293 e. The highest BCUT2D eigenvalue weighted by Crippen LogP contribution is 2.68. The third kappa shape index (κ3) is 7.46. The van der Waals surface area contributed by atoms with Crippen molar-refractivity contribution in [2.75, 3.05) is 11.0 Å². The minimum Gasteiger partial charge on any atom is -0.344 e. The number of carbonyl (C=O) groups excluding carboxylic acids is 1. The number of alkyl halides is 4. The van der Waals surface area contributed by atoms with Crippen LogP contribution in [0.5, 0.6) is 0 Å². The molecule has 3 atom stereocenters. The van der Waals surface area contributed by atoms with Crippen LogP contribution in [0.15, 0.2) is 77.6 Å². The molecule has 1 saturated carbocycles. The van der Waals surface area contributed by atoms with Gasteiger partial charge in [-0.2, -0.15) is 19.0 Å². The van der Waals surface area contributed by atoms with E-state index in [9.17, 15) is 30.8 Å². The van der Waals surface area contributed by atoms with Gasteiger partial charge in [-0.05, 0) is 76.9 Å². The Bertz CT molecular complexity index is 3240. The molecule has 1 amide bonds. The van der Waals surface area contributed by atoms with E-state index in [-0.39, 0.29) is 67.6 Å². The lowest BCUT2D eigenvalue weighted by atomic mass is 9.92. The first kappa shape index (κ1) is 43.1. The second-order valence-corrected chi connectivity index (χ2v) is 18.7. The number of anilines is 1. The van der Waals surface area contributed by atoms with E-state index in [1.165, 1.54) is 23.9 Å². The van der Waals surface area contributed by atoms with Gasteiger partial charge in [0.25, 0.3) is 17.9 Å². The molecule has 4 aromatic carbocycles. The predicted molar refractivity (Wildman–Crippen MR) is 227 cm³/mol. The van der Waals surface area contributed by atoms with Gasteiger partial charge >= 0.3 is 0 Å². The van der Waals surface area contributed by atoms with E-state index in [1.807, 2.05) is 38.1 Å². The first-order chi connectivity index (χ1) is 30.2. The molecule has 332 valence electrons. The first-order valence-electron chi connectivity index (χ1n) is 20.0. The summed E-state index contributed by atoms with van der Waals surface area (Å²) in [4.78, 5) is 34.3. The number of benzene rings is 4. The Hall–Kier alpha value is -6.21. The van der Waals surface area contributed by atoms with E-state index in [1.54, 1.807) is 18.2 Å². The molecule has 2 N–H and O–H groups in total. The Morgan fingerprint density at radius 3 is 2.41 bits per heavy atom. The van der Waals surface area contributed by atoms with Crippen molar-refractivity contribution in [3.8, 4) is 16.8 Å². The van der Waals surface area contributed by atoms with Gasteiger partial charge in [0.15, 0.2) is 5.82 Å². The zero-order chi connectivity index (χ0) is 45.7. The average molecular weight is 923 g/mol. The summed E-state index contributed by atoms with van der Waals surface area (Å²) < 4.78 is 119. The summed E-state index contributed by atoms with van der Waals surface area (Å²) in [6.07, 6.45) is -2.74. The quantitative estimate of drug-likeness (QED) is 0.117. The highest BCUT2D eigenvalue weighted by molar-refractivity contribution is 7.92. The summed E-state index contributed by atoms with van der Waals surface area (Å²) in [6, 6.07) is 16.6. The van der Waals surface area contributed by atoms with Gasteiger partial charge in [0.05, 0.1) is 44.8 Å². The molecule has 0 saturated heterocycles. The second-order valence-electron chi connectivity index (χ2n) is 16.5. The minimum atomic E-state index is -3.91. The van der Waals surface area contributed by atoms with Gasteiger partial charge in [-0.1, -0.05) is 55.8 Å². The van der Waals surface area contributed by atoms with Crippen LogP contribution in [0, 0.1) is 17.6 Å². The van der Waals surface area contributed by atoms with Crippen molar-refractivity contribution in [2.45, 2.75) is 63.5 Å². The third-order valence-electron chi connectivity index (χ3n) is 11.7. The number of fused-ring (bicyclic) bond motifs is 5. The van der Waals surface area contributed by atoms with Crippen LogP contribution in [0.3, 0.4) is 0 Å². The van der Waals surface area contributed by atoms with E-state index >= 15 is 13.6 Å². The average Bonchev–Trinajstić information content (AvgIpc) is 3.75. The maximum atomic E-state index is 15.6. The van der Waals surface area contributed by atoms with E-state index in [0.29, 0.717) is 16.3 Å². The maximum absolute atomic E-state index is 15.6. The van der Waals surface area contributed by atoms with Crippen LogP contribution in [-0.2, 0) is 40.8 Å². The predicted octanol–water partition coefficient (Wildman–Crippen LogP) is 8.81. The highest BCUT2D eigenvalue weighted by Gasteiger charge is 2.67. The number of hydrogen-bond acceptors (Lipinski definition) is 7. The van der Waals surface area contributed by atoms with Crippen molar-refractivity contribution in [3.63, 3.8) is 0 Å². The van der Waals surface area contributed by atoms with Crippen molar-refractivity contribution in [1.29, 1.82) is 0 Å². The second kappa shape index (κ2) is 15.5. The lowest BCUT2D eigenvalue weighted by molar-refractivity contribution is -0.123. The fourth-order valence-electron chi connectivity index (χ4n) is 9.01. The number of aryl methyl sites for hydroxylation is 1. The molecule has 2 aliphatic carbocycles. The smallest absolute Gasteiger partial charge is 0.293 e. The molecule has 9 rings (SSSR count). The Morgan fingerprint density at radius 1 is 1.00 bits per heavy atom. The Balaban J connectivity index is 1.27. The fourth-order valence-corrected chi connectivity index (χ4v) is 9.75. The van der Waals surface area contributed by atoms with E-state index in [0.717, 1.165) is 34.1 Å². The number of nitrogens with one attached hydrogen (secondary N) is 2. The molecule has 20 heteroatoms. The summed E-state index contributed by atoms with van der Waals surface area (Å²) >= 11 is 6.66. The molecular formula is C44H37ClF6N8O4S. The van der Waals surface area contributed by atoms with Crippen molar-refractivity contribution in [3.05, 3.63) is 134 Å². The number of rotatable bonds is 12. The largest absolute Gasteiger partial charge is 0.344 e. The zero-order valence-electron chi connectivity index (χ0n) is 34.3. The Labute approximate surface area is 365 Å². The van der Waals surface area contributed by atoms with Crippen LogP contribution < -0.4 is 15.6 Å². The van der Waals surface area contributed by atoms with Gasteiger partial charge in [-0.3, -0.25) is 28.2 Å². The zero-order valence-corrected chi connectivity index (χ0v) is 35.9. The number of carbonyl (C=O) groups is 1. The van der Waals surface area contributed by atoms with Crippen LogP contribution in [0.1, 0.15) is 78.5 Å². The fraction of sp³-hybridized carbons (Fsp3) is 0.295. The lowest BCUT2D eigenvalue weighted by Gasteiger charge is -2.24. The van der Waals surface area contributed by atoms with Crippen molar-refractivity contribution in [2.24, 2.45) is 13.0 Å². The topological polar surface area (TPSA) is 146 Å². The number of aromatic nitrogens is 6. The van der Waals surface area contributed by atoms with E-state index in [4.69, 9.17) is 16.6 Å². The van der Waals surface area contributed by atoms with Gasteiger partial charge in [0, 0.05) is 31.0 Å². The normalized spacial score (nSPS) is 17.0. The first-order valence-corrected chi connectivity index (χ1v) is 22.3. The molecule has 0 bridgehead atoms. The van der Waals surface area contributed by atoms with Crippen molar-refractivity contribution < 1.29 is 39.6 Å². The molecule has 0 aliphatic heterocycles. The molecule has 0 unspecified atom stereocenters. The summed E-state index contributed by atoms with van der Waals surface area (Å²) in [7, 11) is -2.44. The molecule has 0 radical (unpaired) electrons. The van der Waals surface area contributed by atoms with E-state index < -0.39 is 87.7 Å². The monoisotopic (exact) mass is 922 g/mol. The van der Waals surface area contributed by atoms with Gasteiger partial charge in [0.1, 0.15) is 35.4 Å². The summed E-state index contributed by atoms with van der Waals surface area (Å²) in [5, 5.41) is 11.0. The van der Waals surface area contributed by atoms with Crippen LogP contribution in [0.2, 0.25) is 5.02 Å². The van der Waals surface area contributed by atoms with Gasteiger partial charge in [-0.25, -0.2) is 31.0 Å².